The van der Waals surface area contributed by atoms with Crippen molar-refractivity contribution in [3.63, 3.8) is 0 Å². The van der Waals surface area contributed by atoms with E-state index in [4.69, 9.17) is 4.74 Å². The number of anilines is 2. The van der Waals surface area contributed by atoms with Gasteiger partial charge in [0.15, 0.2) is 6.10 Å². The Morgan fingerprint density at radius 1 is 1.38 bits per heavy atom. The molecule has 2 aliphatic heterocycles. The third-order valence-electron chi connectivity index (χ3n) is 4.21. The molecular weight excluding hydrogens is 310 g/mol. The van der Waals surface area contributed by atoms with Crippen LogP contribution >= 0.6 is 0 Å². The highest BCUT2D eigenvalue weighted by atomic mass is 16.6. The Kier molecular flexibility index (Phi) is 4.17. The molecule has 1 saturated heterocycles. The molecule has 7 nitrogen and oxygen atoms in total. The Bertz CT molecular complexity index is 701. The van der Waals surface area contributed by atoms with E-state index in [-0.39, 0.29) is 18.4 Å². The van der Waals surface area contributed by atoms with Crippen molar-refractivity contribution >= 4 is 29.3 Å². The van der Waals surface area contributed by atoms with Crippen molar-refractivity contribution in [2.45, 2.75) is 26.4 Å². The molecule has 0 spiro atoms. The van der Waals surface area contributed by atoms with Crippen molar-refractivity contribution in [2.24, 2.45) is 5.92 Å². The predicted octanol–water partition coefficient (Wildman–Crippen LogP) is 1.30. The van der Waals surface area contributed by atoms with Gasteiger partial charge in [-0.25, -0.2) is 4.79 Å². The molecular formula is C17H21N3O4. The van der Waals surface area contributed by atoms with E-state index in [0.717, 1.165) is 11.3 Å². The maximum Gasteiger partial charge on any atom is 0.415 e. The first-order valence-corrected chi connectivity index (χ1v) is 8.03. The van der Waals surface area contributed by atoms with Crippen LogP contribution in [0.15, 0.2) is 18.2 Å². The fourth-order valence-electron chi connectivity index (χ4n) is 3.07. The Morgan fingerprint density at radius 2 is 2.12 bits per heavy atom. The highest BCUT2D eigenvalue weighted by Crippen LogP contribution is 2.34. The van der Waals surface area contributed by atoms with E-state index < -0.39 is 12.2 Å². The van der Waals surface area contributed by atoms with Gasteiger partial charge in [-0.05, 0) is 29.7 Å². The number of nitrogens with zero attached hydrogens (tertiary/aromatic N) is 2. The minimum Gasteiger partial charge on any atom is -0.434 e. The van der Waals surface area contributed by atoms with Crippen LogP contribution in [0, 0.1) is 5.92 Å². The standard InChI is InChI=1S/C17H21N3O4/c1-10(2)8-20-13-5-4-12(6-11(13)7-15(20)21)19-9-14(16(22)18-3)24-17(19)23/h4-6,10,14H,7-9H2,1-3H3,(H,18,22)/t14-/m1/s1. The van der Waals surface area contributed by atoms with Crippen molar-refractivity contribution in [3.05, 3.63) is 23.8 Å². The molecule has 1 atom stereocenters. The molecule has 0 radical (unpaired) electrons. The molecule has 0 bridgehead atoms. The van der Waals surface area contributed by atoms with Crippen molar-refractivity contribution < 1.29 is 19.1 Å². The van der Waals surface area contributed by atoms with Crippen LogP contribution in [0.1, 0.15) is 19.4 Å². The summed E-state index contributed by atoms with van der Waals surface area (Å²) in [4.78, 5) is 39.1. The zero-order valence-corrected chi connectivity index (χ0v) is 14.0. The summed E-state index contributed by atoms with van der Waals surface area (Å²) in [5.74, 6) is 0.120. The molecule has 7 heteroatoms. The van der Waals surface area contributed by atoms with Gasteiger partial charge in [0.05, 0.1) is 13.0 Å². The Morgan fingerprint density at radius 3 is 2.79 bits per heavy atom. The van der Waals surface area contributed by atoms with E-state index in [1.807, 2.05) is 12.1 Å². The van der Waals surface area contributed by atoms with Crippen LogP contribution in [0.2, 0.25) is 0 Å². The normalized spacial score (nSPS) is 19.8. The summed E-state index contributed by atoms with van der Waals surface area (Å²) < 4.78 is 5.09. The quantitative estimate of drug-likeness (QED) is 0.902. The van der Waals surface area contributed by atoms with Crippen molar-refractivity contribution in [1.82, 2.24) is 5.32 Å². The van der Waals surface area contributed by atoms with Crippen LogP contribution in [0.25, 0.3) is 0 Å². The van der Waals surface area contributed by atoms with Crippen molar-refractivity contribution in [1.29, 1.82) is 0 Å². The number of benzene rings is 1. The second kappa shape index (κ2) is 6.14. The van der Waals surface area contributed by atoms with Gasteiger partial charge in [-0.1, -0.05) is 13.8 Å². The molecule has 0 aliphatic carbocycles. The Balaban J connectivity index is 1.83. The number of nitrogens with one attached hydrogen (secondary N) is 1. The lowest BCUT2D eigenvalue weighted by Gasteiger charge is -2.20. The van der Waals surface area contributed by atoms with Gasteiger partial charge in [-0.15, -0.1) is 0 Å². The summed E-state index contributed by atoms with van der Waals surface area (Å²) >= 11 is 0. The first kappa shape index (κ1) is 16.3. The van der Waals surface area contributed by atoms with Gasteiger partial charge in [0, 0.05) is 25.0 Å². The zero-order chi connectivity index (χ0) is 17.4. The number of amides is 3. The van der Waals surface area contributed by atoms with Crippen LogP contribution in [-0.4, -0.2) is 44.1 Å². The summed E-state index contributed by atoms with van der Waals surface area (Å²) in [5, 5.41) is 2.48. The van der Waals surface area contributed by atoms with Gasteiger partial charge < -0.3 is 15.0 Å². The molecule has 1 aromatic carbocycles. The van der Waals surface area contributed by atoms with E-state index in [1.165, 1.54) is 11.9 Å². The van der Waals surface area contributed by atoms with E-state index in [2.05, 4.69) is 19.2 Å². The fraction of sp³-hybridized carbons (Fsp3) is 0.471. The van der Waals surface area contributed by atoms with Crippen molar-refractivity contribution in [2.75, 3.05) is 29.9 Å². The second-order valence-electron chi connectivity index (χ2n) is 6.49. The third-order valence-corrected chi connectivity index (χ3v) is 4.21. The number of carbonyl (C=O) groups excluding carboxylic acids is 3. The van der Waals surface area contributed by atoms with Gasteiger partial charge in [-0.2, -0.15) is 0 Å². The van der Waals surface area contributed by atoms with Crippen molar-refractivity contribution in [3.8, 4) is 0 Å². The third kappa shape index (κ3) is 2.81. The number of hydrogen-bond donors (Lipinski definition) is 1. The molecule has 24 heavy (non-hydrogen) atoms. The molecule has 1 aromatic rings. The number of fused-ring (bicyclic) bond motifs is 1. The predicted molar refractivity (Wildman–Crippen MR) is 89.0 cm³/mol. The summed E-state index contributed by atoms with van der Waals surface area (Å²) in [7, 11) is 1.50. The minimum atomic E-state index is -0.810. The highest BCUT2D eigenvalue weighted by Gasteiger charge is 2.37. The van der Waals surface area contributed by atoms with Gasteiger partial charge in [0.2, 0.25) is 5.91 Å². The molecule has 0 aromatic heterocycles. The highest BCUT2D eigenvalue weighted by molar-refractivity contribution is 6.02. The topological polar surface area (TPSA) is 79.0 Å². The molecule has 2 heterocycles. The SMILES string of the molecule is CNC(=O)[C@H]1CN(c2ccc3c(c2)CC(=O)N3CC(C)C)C(=O)O1. The van der Waals surface area contributed by atoms with Gasteiger partial charge in [0.1, 0.15) is 0 Å². The van der Waals surface area contributed by atoms with E-state index in [9.17, 15) is 14.4 Å². The lowest BCUT2D eigenvalue weighted by molar-refractivity contribution is -0.127. The number of likely N-dealkylation sites (N-methyl/N-ethyl adjacent to an activating group) is 1. The molecule has 3 amide bonds. The average molecular weight is 331 g/mol. The first-order chi connectivity index (χ1) is 11.4. The Hall–Kier alpha value is -2.57. The number of hydrogen-bond acceptors (Lipinski definition) is 4. The molecule has 1 N–H and O–H groups in total. The lowest BCUT2D eigenvalue weighted by atomic mass is 10.1. The summed E-state index contributed by atoms with van der Waals surface area (Å²) in [6.45, 7) is 4.98. The maximum atomic E-state index is 12.2. The van der Waals surface area contributed by atoms with Gasteiger partial charge >= 0.3 is 6.09 Å². The van der Waals surface area contributed by atoms with Gasteiger partial charge in [0.25, 0.3) is 5.91 Å². The second-order valence-corrected chi connectivity index (χ2v) is 6.49. The first-order valence-electron chi connectivity index (χ1n) is 8.03. The zero-order valence-electron chi connectivity index (χ0n) is 14.0. The number of cyclic esters (lactones) is 1. The molecule has 128 valence electrons. The summed E-state index contributed by atoms with van der Waals surface area (Å²) in [5.41, 5.74) is 2.44. The fourth-order valence-corrected chi connectivity index (χ4v) is 3.07. The molecule has 0 saturated carbocycles. The monoisotopic (exact) mass is 331 g/mol. The molecule has 2 aliphatic rings. The minimum absolute atomic E-state index is 0.0723. The number of rotatable bonds is 4. The molecule has 1 fully saturated rings. The Labute approximate surface area is 140 Å². The number of ether oxygens (including phenoxy) is 1. The van der Waals surface area contributed by atoms with Crippen LogP contribution in [-0.2, 0) is 20.7 Å². The maximum absolute atomic E-state index is 12.2. The molecule has 3 rings (SSSR count). The molecule has 0 unspecified atom stereocenters. The summed E-state index contributed by atoms with van der Waals surface area (Å²) in [6, 6.07) is 5.48. The van der Waals surface area contributed by atoms with Crippen LogP contribution < -0.4 is 15.1 Å². The van der Waals surface area contributed by atoms with E-state index >= 15 is 0 Å². The van der Waals surface area contributed by atoms with Crippen LogP contribution in [0.4, 0.5) is 16.2 Å². The average Bonchev–Trinajstić information content (AvgIpc) is 3.06. The van der Waals surface area contributed by atoms with Crippen LogP contribution in [0.3, 0.4) is 0 Å². The smallest absolute Gasteiger partial charge is 0.415 e. The number of carbonyl (C=O) groups is 3. The lowest BCUT2D eigenvalue weighted by Crippen LogP contribution is -2.35. The van der Waals surface area contributed by atoms with E-state index in [0.29, 0.717) is 24.6 Å². The van der Waals surface area contributed by atoms with Gasteiger partial charge in [-0.3, -0.25) is 14.5 Å². The summed E-state index contributed by atoms with van der Waals surface area (Å²) in [6.07, 6.45) is -1.03. The van der Waals surface area contributed by atoms with E-state index in [1.54, 1.807) is 11.0 Å². The largest absolute Gasteiger partial charge is 0.434 e. The van der Waals surface area contributed by atoms with Crippen LogP contribution in [0.5, 0.6) is 0 Å².